The van der Waals surface area contributed by atoms with E-state index in [0.717, 1.165) is 68.0 Å². The van der Waals surface area contributed by atoms with E-state index in [4.69, 9.17) is 4.98 Å². The molecule has 0 atom stereocenters. The maximum atomic E-state index is 12.9. The number of rotatable bonds is 3. The topological polar surface area (TPSA) is 62.2 Å². The second-order valence-electron chi connectivity index (χ2n) is 8.06. The molecule has 0 radical (unpaired) electrons. The van der Waals surface area contributed by atoms with E-state index >= 15 is 0 Å². The standard InChI is InChI=1S/C22H25N5OS/c1-15-24-19-13-23-7-2-18(19)22(25-15)26-8-3-16(4-9-26)12-21(28)27-10-5-20-17(14-27)6-11-29-20/h2,6-7,11,13,16H,3-5,8-10,12,14H2,1H3. The van der Waals surface area contributed by atoms with Crippen LogP contribution in [0.2, 0.25) is 0 Å². The molecule has 0 aromatic carbocycles. The SMILES string of the molecule is Cc1nc(N2CCC(CC(=O)N3CCc4sccc4C3)CC2)c2ccncc2n1. The van der Waals surface area contributed by atoms with Crippen LogP contribution in [0.4, 0.5) is 5.82 Å². The van der Waals surface area contributed by atoms with Crippen LogP contribution in [-0.2, 0) is 17.8 Å². The third kappa shape index (κ3) is 3.71. The van der Waals surface area contributed by atoms with E-state index in [-0.39, 0.29) is 0 Å². The van der Waals surface area contributed by atoms with Crippen LogP contribution in [0.5, 0.6) is 0 Å². The lowest BCUT2D eigenvalue weighted by Gasteiger charge is -2.34. The quantitative estimate of drug-likeness (QED) is 0.664. The van der Waals surface area contributed by atoms with Crippen LogP contribution in [0.3, 0.4) is 0 Å². The maximum Gasteiger partial charge on any atom is 0.223 e. The van der Waals surface area contributed by atoms with Gasteiger partial charge in [0.25, 0.3) is 0 Å². The number of piperidine rings is 1. The molecule has 0 N–H and O–H groups in total. The van der Waals surface area contributed by atoms with Gasteiger partial charge in [0.2, 0.25) is 5.91 Å². The highest BCUT2D eigenvalue weighted by molar-refractivity contribution is 7.10. The fourth-order valence-electron chi connectivity index (χ4n) is 4.50. The van der Waals surface area contributed by atoms with Gasteiger partial charge >= 0.3 is 0 Å². The second-order valence-corrected chi connectivity index (χ2v) is 9.06. The number of aryl methyl sites for hydroxylation is 1. The summed E-state index contributed by atoms with van der Waals surface area (Å²) in [5.41, 5.74) is 2.23. The Balaban J connectivity index is 1.22. The summed E-state index contributed by atoms with van der Waals surface area (Å²) in [7, 11) is 0. The molecule has 6 nitrogen and oxygen atoms in total. The van der Waals surface area contributed by atoms with Gasteiger partial charge in [-0.2, -0.15) is 0 Å². The Morgan fingerprint density at radius 1 is 1.21 bits per heavy atom. The van der Waals surface area contributed by atoms with Gasteiger partial charge in [-0.05, 0) is 55.2 Å². The second kappa shape index (κ2) is 7.71. The van der Waals surface area contributed by atoms with Gasteiger partial charge in [-0.25, -0.2) is 9.97 Å². The minimum Gasteiger partial charge on any atom is -0.356 e. The highest BCUT2D eigenvalue weighted by atomic mass is 32.1. The van der Waals surface area contributed by atoms with E-state index in [9.17, 15) is 4.79 Å². The lowest BCUT2D eigenvalue weighted by atomic mass is 9.92. The van der Waals surface area contributed by atoms with E-state index in [2.05, 4.69) is 31.2 Å². The van der Waals surface area contributed by atoms with Crippen molar-refractivity contribution in [2.24, 2.45) is 5.92 Å². The summed E-state index contributed by atoms with van der Waals surface area (Å²) >= 11 is 1.82. The van der Waals surface area contributed by atoms with Crippen molar-refractivity contribution < 1.29 is 4.79 Å². The van der Waals surface area contributed by atoms with Crippen LogP contribution >= 0.6 is 11.3 Å². The Labute approximate surface area is 174 Å². The Morgan fingerprint density at radius 2 is 2.07 bits per heavy atom. The molecule has 29 heavy (non-hydrogen) atoms. The number of pyridine rings is 1. The lowest BCUT2D eigenvalue weighted by Crippen LogP contribution is -2.39. The summed E-state index contributed by atoms with van der Waals surface area (Å²) in [6.07, 6.45) is 7.33. The summed E-state index contributed by atoms with van der Waals surface area (Å²) in [5.74, 6) is 2.55. The molecule has 3 aromatic rings. The minimum atomic E-state index is 0.315. The van der Waals surface area contributed by atoms with E-state index in [1.165, 1.54) is 10.4 Å². The van der Waals surface area contributed by atoms with Crippen molar-refractivity contribution in [2.45, 2.75) is 39.2 Å². The molecule has 0 spiro atoms. The number of anilines is 1. The number of fused-ring (bicyclic) bond motifs is 2. The van der Waals surface area contributed by atoms with Crippen molar-refractivity contribution in [3.63, 3.8) is 0 Å². The third-order valence-corrected chi connectivity index (χ3v) is 7.15. The largest absolute Gasteiger partial charge is 0.356 e. The lowest BCUT2D eigenvalue weighted by molar-refractivity contribution is -0.133. The van der Waals surface area contributed by atoms with Gasteiger partial charge in [-0.1, -0.05) is 0 Å². The molecule has 0 aliphatic carbocycles. The molecule has 0 bridgehead atoms. The van der Waals surface area contributed by atoms with Gasteiger partial charge in [0, 0.05) is 49.1 Å². The molecule has 1 fully saturated rings. The molecule has 0 unspecified atom stereocenters. The molecule has 7 heteroatoms. The average Bonchev–Trinajstić information content (AvgIpc) is 3.21. The monoisotopic (exact) mass is 407 g/mol. The van der Waals surface area contributed by atoms with E-state index in [1.54, 1.807) is 12.4 Å². The van der Waals surface area contributed by atoms with Gasteiger partial charge in [0.15, 0.2) is 0 Å². The number of aromatic nitrogens is 3. The van der Waals surface area contributed by atoms with Crippen LogP contribution in [0.25, 0.3) is 10.9 Å². The highest BCUT2D eigenvalue weighted by Crippen LogP contribution is 2.30. The van der Waals surface area contributed by atoms with E-state index in [0.29, 0.717) is 18.2 Å². The van der Waals surface area contributed by atoms with Crippen molar-refractivity contribution in [3.8, 4) is 0 Å². The number of hydrogen-bond donors (Lipinski definition) is 0. The maximum absolute atomic E-state index is 12.9. The molecule has 2 aliphatic heterocycles. The van der Waals surface area contributed by atoms with E-state index < -0.39 is 0 Å². The fourth-order valence-corrected chi connectivity index (χ4v) is 5.39. The number of carbonyl (C=O) groups is 1. The van der Waals surface area contributed by atoms with Crippen molar-refractivity contribution in [1.29, 1.82) is 0 Å². The summed E-state index contributed by atoms with van der Waals surface area (Å²) < 4.78 is 0. The van der Waals surface area contributed by atoms with Crippen LogP contribution in [-0.4, -0.2) is 45.4 Å². The molecule has 5 heterocycles. The summed E-state index contributed by atoms with van der Waals surface area (Å²) in [6.45, 7) is 5.45. The van der Waals surface area contributed by atoms with Crippen LogP contribution in [0.1, 0.15) is 35.5 Å². The molecule has 1 saturated heterocycles. The van der Waals surface area contributed by atoms with Crippen molar-refractivity contribution in [2.75, 3.05) is 24.5 Å². The highest BCUT2D eigenvalue weighted by Gasteiger charge is 2.27. The summed E-state index contributed by atoms with van der Waals surface area (Å²) in [4.78, 5) is 32.1. The molecular formula is C22H25N5OS. The number of amides is 1. The molecule has 2 aliphatic rings. The Bertz CT molecular complexity index is 1040. The van der Waals surface area contributed by atoms with Crippen molar-refractivity contribution in [3.05, 3.63) is 46.2 Å². The van der Waals surface area contributed by atoms with Gasteiger partial charge in [-0.3, -0.25) is 9.78 Å². The third-order valence-electron chi connectivity index (χ3n) is 6.13. The molecule has 150 valence electrons. The number of hydrogen-bond acceptors (Lipinski definition) is 6. The van der Waals surface area contributed by atoms with Gasteiger partial charge in [0.05, 0.1) is 11.7 Å². The zero-order valence-electron chi connectivity index (χ0n) is 16.7. The molecule has 1 amide bonds. The number of thiophene rings is 1. The summed E-state index contributed by atoms with van der Waals surface area (Å²) in [5, 5.41) is 3.20. The first-order valence-corrected chi connectivity index (χ1v) is 11.2. The normalized spacial score (nSPS) is 17.6. The molecule has 0 saturated carbocycles. The van der Waals surface area contributed by atoms with Crippen molar-refractivity contribution in [1.82, 2.24) is 19.9 Å². The molecule has 5 rings (SSSR count). The van der Waals surface area contributed by atoms with E-state index in [1.807, 2.05) is 24.3 Å². The first kappa shape index (κ1) is 18.5. The predicted molar refractivity (Wildman–Crippen MR) is 115 cm³/mol. The predicted octanol–water partition coefficient (Wildman–Crippen LogP) is 3.59. The fraction of sp³-hybridized carbons (Fsp3) is 0.455. The number of carbonyl (C=O) groups excluding carboxylic acids is 1. The minimum absolute atomic E-state index is 0.315. The van der Waals surface area contributed by atoms with Crippen molar-refractivity contribution >= 4 is 34.0 Å². The van der Waals surface area contributed by atoms with Gasteiger partial charge < -0.3 is 9.80 Å². The zero-order chi connectivity index (χ0) is 19.8. The van der Waals surface area contributed by atoms with Gasteiger partial charge in [-0.15, -0.1) is 11.3 Å². The molecule has 3 aromatic heterocycles. The first-order chi connectivity index (χ1) is 14.2. The first-order valence-electron chi connectivity index (χ1n) is 10.3. The Kier molecular flexibility index (Phi) is 4.91. The Hall–Kier alpha value is -2.54. The van der Waals surface area contributed by atoms with Crippen LogP contribution < -0.4 is 4.90 Å². The van der Waals surface area contributed by atoms with Gasteiger partial charge in [0.1, 0.15) is 11.6 Å². The molecular weight excluding hydrogens is 382 g/mol. The van der Waals surface area contributed by atoms with Crippen LogP contribution in [0, 0.1) is 12.8 Å². The summed E-state index contributed by atoms with van der Waals surface area (Å²) in [6, 6.07) is 4.16. The zero-order valence-corrected chi connectivity index (χ0v) is 17.5. The number of nitrogens with zero attached hydrogens (tertiary/aromatic N) is 5. The Morgan fingerprint density at radius 3 is 2.93 bits per heavy atom. The smallest absolute Gasteiger partial charge is 0.223 e. The van der Waals surface area contributed by atoms with Crippen LogP contribution in [0.15, 0.2) is 29.9 Å². The average molecular weight is 408 g/mol.